The highest BCUT2D eigenvalue weighted by atomic mass is 16.3. The van der Waals surface area contributed by atoms with Gasteiger partial charge in [-0.3, -0.25) is 0 Å². The third-order valence-electron chi connectivity index (χ3n) is 3.39. The fraction of sp³-hybridized carbons (Fsp3) is 1.00. The molecule has 90 valence electrons. The molecule has 3 heteroatoms. The van der Waals surface area contributed by atoms with E-state index in [2.05, 4.69) is 24.2 Å². The molecule has 0 aromatic heterocycles. The Labute approximate surface area is 93.9 Å². The van der Waals surface area contributed by atoms with Crippen LogP contribution < -0.4 is 5.32 Å². The van der Waals surface area contributed by atoms with Crippen molar-refractivity contribution in [1.29, 1.82) is 0 Å². The van der Waals surface area contributed by atoms with Crippen LogP contribution in [0.5, 0.6) is 0 Å². The van der Waals surface area contributed by atoms with Crippen LogP contribution in [-0.4, -0.2) is 49.3 Å². The summed E-state index contributed by atoms with van der Waals surface area (Å²) in [4.78, 5) is 2.48. The highest BCUT2D eigenvalue weighted by Crippen LogP contribution is 2.21. The average molecular weight is 214 g/mol. The molecule has 0 spiro atoms. The van der Waals surface area contributed by atoms with Gasteiger partial charge < -0.3 is 15.3 Å². The van der Waals surface area contributed by atoms with Gasteiger partial charge in [-0.05, 0) is 32.4 Å². The zero-order valence-corrected chi connectivity index (χ0v) is 10.2. The Kier molecular flexibility index (Phi) is 6.22. The second-order valence-corrected chi connectivity index (χ2v) is 4.91. The maximum absolute atomic E-state index is 8.87. The molecule has 0 amide bonds. The molecule has 0 radical (unpaired) electrons. The minimum absolute atomic E-state index is 0.283. The van der Waals surface area contributed by atoms with Crippen LogP contribution in [0.2, 0.25) is 0 Å². The van der Waals surface area contributed by atoms with E-state index < -0.39 is 0 Å². The molecule has 0 aromatic rings. The summed E-state index contributed by atoms with van der Waals surface area (Å²) in [6.45, 7) is 5.44. The lowest BCUT2D eigenvalue weighted by Gasteiger charge is -2.24. The van der Waals surface area contributed by atoms with Gasteiger partial charge in [-0.15, -0.1) is 0 Å². The van der Waals surface area contributed by atoms with Crippen molar-refractivity contribution >= 4 is 0 Å². The number of rotatable bonds is 7. The van der Waals surface area contributed by atoms with E-state index in [1.165, 1.54) is 25.7 Å². The molecule has 1 unspecified atom stereocenters. The predicted octanol–water partition coefficient (Wildman–Crippen LogP) is 1.08. The van der Waals surface area contributed by atoms with Crippen molar-refractivity contribution in [1.82, 2.24) is 10.2 Å². The summed E-state index contributed by atoms with van der Waals surface area (Å²) in [7, 11) is 2.23. The molecule has 0 saturated heterocycles. The molecule has 0 bridgehead atoms. The van der Waals surface area contributed by atoms with Gasteiger partial charge in [-0.1, -0.05) is 19.8 Å². The molecular weight excluding hydrogens is 188 g/mol. The summed E-state index contributed by atoms with van der Waals surface area (Å²) in [6, 6.07) is 0.821. The standard InChI is InChI=1S/C12H26N2O/c1-11(10-15)9-13-7-8-14(2)12-5-3-4-6-12/h11-13,15H,3-10H2,1-2H3. The van der Waals surface area contributed by atoms with Crippen LogP contribution in [0.15, 0.2) is 0 Å². The van der Waals surface area contributed by atoms with Crippen LogP contribution in [0.3, 0.4) is 0 Å². The Hall–Kier alpha value is -0.120. The zero-order chi connectivity index (χ0) is 11.1. The topological polar surface area (TPSA) is 35.5 Å². The third kappa shape index (κ3) is 4.96. The minimum atomic E-state index is 0.283. The Bertz CT molecular complexity index is 158. The molecule has 1 aliphatic rings. The molecular formula is C12H26N2O. The Balaban J connectivity index is 1.99. The summed E-state index contributed by atoms with van der Waals surface area (Å²) in [5.41, 5.74) is 0. The third-order valence-corrected chi connectivity index (χ3v) is 3.39. The normalized spacial score (nSPS) is 20.0. The number of likely N-dealkylation sites (N-methyl/N-ethyl adjacent to an activating group) is 1. The quantitative estimate of drug-likeness (QED) is 0.623. The number of aliphatic hydroxyl groups is 1. The van der Waals surface area contributed by atoms with Crippen LogP contribution in [0.4, 0.5) is 0 Å². The van der Waals surface area contributed by atoms with Gasteiger partial charge >= 0.3 is 0 Å². The minimum Gasteiger partial charge on any atom is -0.396 e. The molecule has 0 aromatic carbocycles. The van der Waals surface area contributed by atoms with Crippen molar-refractivity contribution in [2.45, 2.75) is 38.6 Å². The van der Waals surface area contributed by atoms with Gasteiger partial charge in [0.1, 0.15) is 0 Å². The van der Waals surface area contributed by atoms with E-state index in [0.29, 0.717) is 5.92 Å². The lowest BCUT2D eigenvalue weighted by molar-refractivity contribution is 0.223. The fourth-order valence-corrected chi connectivity index (χ4v) is 2.20. The lowest BCUT2D eigenvalue weighted by Crippen LogP contribution is -2.36. The van der Waals surface area contributed by atoms with Crippen LogP contribution in [0.1, 0.15) is 32.6 Å². The smallest absolute Gasteiger partial charge is 0.0468 e. The molecule has 0 heterocycles. The van der Waals surface area contributed by atoms with Crippen LogP contribution in [-0.2, 0) is 0 Å². The summed E-state index contributed by atoms with van der Waals surface area (Å²) in [5.74, 6) is 0.377. The van der Waals surface area contributed by atoms with Crippen molar-refractivity contribution < 1.29 is 5.11 Å². The first-order valence-corrected chi connectivity index (χ1v) is 6.26. The molecule has 1 fully saturated rings. The van der Waals surface area contributed by atoms with Gasteiger partial charge in [0.05, 0.1) is 0 Å². The predicted molar refractivity (Wildman–Crippen MR) is 64.0 cm³/mol. The first-order valence-electron chi connectivity index (χ1n) is 6.26. The average Bonchev–Trinajstić information content (AvgIpc) is 2.77. The Morgan fingerprint density at radius 3 is 2.67 bits per heavy atom. The van der Waals surface area contributed by atoms with Crippen molar-refractivity contribution in [3.8, 4) is 0 Å². The fourth-order valence-electron chi connectivity index (χ4n) is 2.20. The number of hydrogen-bond donors (Lipinski definition) is 2. The summed E-state index contributed by atoms with van der Waals surface area (Å²) in [5, 5.41) is 12.3. The summed E-state index contributed by atoms with van der Waals surface area (Å²) in [6.07, 6.45) is 5.57. The van der Waals surface area contributed by atoms with Crippen LogP contribution in [0, 0.1) is 5.92 Å². The largest absolute Gasteiger partial charge is 0.396 e. The van der Waals surface area contributed by atoms with E-state index >= 15 is 0 Å². The van der Waals surface area contributed by atoms with Gasteiger partial charge in [0.2, 0.25) is 0 Å². The zero-order valence-electron chi connectivity index (χ0n) is 10.2. The van der Waals surface area contributed by atoms with Gasteiger partial charge in [-0.2, -0.15) is 0 Å². The van der Waals surface area contributed by atoms with E-state index in [-0.39, 0.29) is 6.61 Å². The lowest BCUT2D eigenvalue weighted by atomic mass is 10.2. The molecule has 3 nitrogen and oxygen atoms in total. The summed E-state index contributed by atoms with van der Waals surface area (Å²) >= 11 is 0. The molecule has 1 saturated carbocycles. The van der Waals surface area contributed by atoms with E-state index in [4.69, 9.17) is 5.11 Å². The highest BCUT2D eigenvalue weighted by Gasteiger charge is 2.18. The second-order valence-electron chi connectivity index (χ2n) is 4.91. The molecule has 0 aliphatic heterocycles. The van der Waals surface area contributed by atoms with Gasteiger partial charge in [-0.25, -0.2) is 0 Å². The second kappa shape index (κ2) is 7.20. The monoisotopic (exact) mass is 214 g/mol. The maximum Gasteiger partial charge on any atom is 0.0468 e. The van der Waals surface area contributed by atoms with E-state index in [1.54, 1.807) is 0 Å². The van der Waals surface area contributed by atoms with Crippen molar-refractivity contribution in [2.75, 3.05) is 33.3 Å². The molecule has 1 aliphatic carbocycles. The molecule has 15 heavy (non-hydrogen) atoms. The SMILES string of the molecule is CC(CO)CNCCN(C)C1CCCC1. The number of nitrogens with zero attached hydrogens (tertiary/aromatic N) is 1. The van der Waals surface area contributed by atoms with Crippen molar-refractivity contribution in [2.24, 2.45) is 5.92 Å². The maximum atomic E-state index is 8.87. The first kappa shape index (κ1) is 12.9. The highest BCUT2D eigenvalue weighted by molar-refractivity contribution is 4.75. The van der Waals surface area contributed by atoms with E-state index in [0.717, 1.165) is 25.7 Å². The van der Waals surface area contributed by atoms with Gasteiger partial charge in [0.25, 0.3) is 0 Å². The van der Waals surface area contributed by atoms with Crippen LogP contribution >= 0.6 is 0 Å². The van der Waals surface area contributed by atoms with Gasteiger partial charge in [0.15, 0.2) is 0 Å². The first-order chi connectivity index (χ1) is 7.24. The van der Waals surface area contributed by atoms with E-state index in [9.17, 15) is 0 Å². The summed E-state index contributed by atoms with van der Waals surface area (Å²) < 4.78 is 0. The number of aliphatic hydroxyl groups excluding tert-OH is 1. The number of nitrogens with one attached hydrogen (secondary N) is 1. The Morgan fingerprint density at radius 2 is 2.07 bits per heavy atom. The Morgan fingerprint density at radius 1 is 1.40 bits per heavy atom. The van der Waals surface area contributed by atoms with Crippen LogP contribution in [0.25, 0.3) is 0 Å². The van der Waals surface area contributed by atoms with Crippen molar-refractivity contribution in [3.05, 3.63) is 0 Å². The van der Waals surface area contributed by atoms with Gasteiger partial charge in [0, 0.05) is 25.7 Å². The van der Waals surface area contributed by atoms with E-state index in [1.807, 2.05) is 0 Å². The number of hydrogen-bond acceptors (Lipinski definition) is 3. The molecule has 1 atom stereocenters. The molecule has 2 N–H and O–H groups in total. The molecule has 1 rings (SSSR count). The van der Waals surface area contributed by atoms with Crippen molar-refractivity contribution in [3.63, 3.8) is 0 Å².